The molecule has 2 aromatic rings. The summed E-state index contributed by atoms with van der Waals surface area (Å²) in [6.45, 7) is 2.84. The average molecular weight is 263 g/mol. The molecule has 0 radical (unpaired) electrons. The predicted octanol–water partition coefficient (Wildman–Crippen LogP) is 2.61. The van der Waals surface area contributed by atoms with E-state index in [0.717, 1.165) is 22.9 Å². The van der Waals surface area contributed by atoms with Crippen molar-refractivity contribution in [2.24, 2.45) is 0 Å². The van der Waals surface area contributed by atoms with E-state index in [9.17, 15) is 0 Å². The molecule has 18 heavy (non-hydrogen) atoms. The zero-order valence-electron chi connectivity index (χ0n) is 10.4. The zero-order valence-corrected chi connectivity index (χ0v) is 11.2. The van der Waals surface area contributed by atoms with Crippen LogP contribution >= 0.6 is 11.3 Å². The number of nitrogens with zero attached hydrogens (tertiary/aromatic N) is 1. The Morgan fingerprint density at radius 2 is 2.22 bits per heavy atom. The van der Waals surface area contributed by atoms with Crippen LogP contribution in [0.25, 0.3) is 0 Å². The number of benzene rings is 1. The largest absolute Gasteiger partial charge is 0.493 e. The molecule has 0 aliphatic carbocycles. The van der Waals surface area contributed by atoms with Gasteiger partial charge in [0.25, 0.3) is 0 Å². The van der Waals surface area contributed by atoms with Crippen molar-refractivity contribution in [2.45, 2.75) is 19.8 Å². The fourth-order valence-corrected chi connectivity index (χ4v) is 2.47. The predicted molar refractivity (Wildman–Crippen MR) is 73.3 cm³/mol. The number of aliphatic hydroxyl groups excluding tert-OH is 1. The minimum absolute atomic E-state index is 0.156. The molecule has 2 rings (SSSR count). The Morgan fingerprint density at radius 1 is 1.33 bits per heavy atom. The highest BCUT2D eigenvalue weighted by atomic mass is 32.1. The second kappa shape index (κ2) is 6.52. The Bertz CT molecular complexity index is 496. The highest BCUT2D eigenvalue weighted by molar-refractivity contribution is 7.09. The van der Waals surface area contributed by atoms with Crippen LogP contribution in [0.15, 0.2) is 29.6 Å². The highest BCUT2D eigenvalue weighted by Gasteiger charge is 2.02. The molecule has 0 bridgehead atoms. The maximum atomic E-state index is 8.82. The van der Waals surface area contributed by atoms with E-state index in [0.29, 0.717) is 13.0 Å². The van der Waals surface area contributed by atoms with Gasteiger partial charge in [-0.1, -0.05) is 12.1 Å². The first-order valence-electron chi connectivity index (χ1n) is 6.01. The average Bonchev–Trinajstić information content (AvgIpc) is 2.78. The quantitative estimate of drug-likeness (QED) is 0.871. The number of hydrogen-bond donors (Lipinski definition) is 1. The molecule has 4 heteroatoms. The fraction of sp³-hybridized carbons (Fsp3) is 0.357. The van der Waals surface area contributed by atoms with Gasteiger partial charge >= 0.3 is 0 Å². The SMILES string of the molecule is Cc1cccc(OCCc2nc(CCO)cs2)c1. The van der Waals surface area contributed by atoms with E-state index >= 15 is 0 Å². The Kier molecular flexibility index (Phi) is 4.73. The normalized spacial score (nSPS) is 10.6. The molecule has 0 spiro atoms. The van der Waals surface area contributed by atoms with Gasteiger partial charge in [-0.25, -0.2) is 4.98 Å². The maximum absolute atomic E-state index is 8.82. The van der Waals surface area contributed by atoms with Crippen molar-refractivity contribution in [2.75, 3.05) is 13.2 Å². The molecule has 1 N–H and O–H groups in total. The Balaban J connectivity index is 1.81. The topological polar surface area (TPSA) is 42.4 Å². The first-order chi connectivity index (χ1) is 8.78. The molecule has 0 fully saturated rings. The number of hydrogen-bond acceptors (Lipinski definition) is 4. The molecule has 1 heterocycles. The van der Waals surface area contributed by atoms with Gasteiger partial charge in [-0.2, -0.15) is 0 Å². The van der Waals surface area contributed by atoms with Gasteiger partial charge < -0.3 is 9.84 Å². The van der Waals surface area contributed by atoms with Gasteiger partial charge in [-0.3, -0.25) is 0 Å². The van der Waals surface area contributed by atoms with Crippen molar-refractivity contribution < 1.29 is 9.84 Å². The lowest BCUT2D eigenvalue weighted by atomic mass is 10.2. The lowest BCUT2D eigenvalue weighted by Gasteiger charge is -2.05. The molecule has 0 saturated carbocycles. The van der Waals surface area contributed by atoms with Gasteiger partial charge in [0.1, 0.15) is 5.75 Å². The van der Waals surface area contributed by atoms with E-state index in [2.05, 4.69) is 18.0 Å². The lowest BCUT2D eigenvalue weighted by molar-refractivity contribution is 0.298. The molecule has 0 aliphatic rings. The third-order valence-corrected chi connectivity index (χ3v) is 3.50. The first-order valence-corrected chi connectivity index (χ1v) is 6.89. The molecule has 0 amide bonds. The van der Waals surface area contributed by atoms with E-state index < -0.39 is 0 Å². The molecular weight excluding hydrogens is 246 g/mol. The number of rotatable bonds is 6. The Hall–Kier alpha value is -1.39. The Labute approximate surface area is 111 Å². The summed E-state index contributed by atoms with van der Waals surface area (Å²) in [4.78, 5) is 4.43. The standard InChI is InChI=1S/C14H17NO2S/c1-11-3-2-4-13(9-11)17-8-6-14-15-12(5-7-16)10-18-14/h2-4,9-10,16H,5-8H2,1H3. The van der Waals surface area contributed by atoms with E-state index in [1.54, 1.807) is 11.3 Å². The van der Waals surface area contributed by atoms with Crippen molar-refractivity contribution >= 4 is 11.3 Å². The number of ether oxygens (including phenoxy) is 1. The number of aryl methyl sites for hydroxylation is 1. The summed E-state index contributed by atoms with van der Waals surface area (Å²) in [7, 11) is 0. The molecule has 3 nitrogen and oxygen atoms in total. The first kappa shape index (κ1) is 13.1. The molecule has 0 atom stereocenters. The second-order valence-electron chi connectivity index (χ2n) is 4.12. The van der Waals surface area contributed by atoms with Crippen LogP contribution in [0.1, 0.15) is 16.3 Å². The van der Waals surface area contributed by atoms with E-state index in [1.165, 1.54) is 5.56 Å². The lowest BCUT2D eigenvalue weighted by Crippen LogP contribution is -2.01. The molecule has 0 saturated heterocycles. The zero-order chi connectivity index (χ0) is 12.8. The van der Waals surface area contributed by atoms with E-state index in [4.69, 9.17) is 9.84 Å². The summed E-state index contributed by atoms with van der Waals surface area (Å²) < 4.78 is 5.68. The second-order valence-corrected chi connectivity index (χ2v) is 5.06. The van der Waals surface area contributed by atoms with Crippen molar-refractivity contribution in [1.29, 1.82) is 0 Å². The number of aromatic nitrogens is 1. The Morgan fingerprint density at radius 3 is 3.00 bits per heavy atom. The minimum Gasteiger partial charge on any atom is -0.493 e. The van der Waals surface area contributed by atoms with Gasteiger partial charge in [0, 0.05) is 24.8 Å². The van der Waals surface area contributed by atoms with Gasteiger partial charge in [-0.05, 0) is 24.6 Å². The van der Waals surface area contributed by atoms with Crippen LogP contribution in [0.5, 0.6) is 5.75 Å². The molecular formula is C14H17NO2S. The third-order valence-electron chi connectivity index (χ3n) is 2.54. The van der Waals surface area contributed by atoms with Gasteiger partial charge in [0.15, 0.2) is 0 Å². The van der Waals surface area contributed by atoms with Crippen LogP contribution in [0, 0.1) is 6.92 Å². The summed E-state index contributed by atoms with van der Waals surface area (Å²) in [5.41, 5.74) is 2.17. The van der Waals surface area contributed by atoms with Crippen molar-refractivity contribution in [1.82, 2.24) is 4.98 Å². The summed E-state index contributed by atoms with van der Waals surface area (Å²) in [5, 5.41) is 11.9. The van der Waals surface area contributed by atoms with Gasteiger partial charge in [0.05, 0.1) is 17.3 Å². The fourth-order valence-electron chi connectivity index (χ4n) is 1.65. The summed E-state index contributed by atoms with van der Waals surface area (Å²) in [5.74, 6) is 0.905. The smallest absolute Gasteiger partial charge is 0.119 e. The van der Waals surface area contributed by atoms with Crippen molar-refractivity contribution in [3.63, 3.8) is 0 Å². The molecule has 0 aliphatic heterocycles. The van der Waals surface area contributed by atoms with Gasteiger partial charge in [-0.15, -0.1) is 11.3 Å². The third kappa shape index (κ3) is 3.82. The number of thiazole rings is 1. The van der Waals surface area contributed by atoms with Gasteiger partial charge in [0.2, 0.25) is 0 Å². The van der Waals surface area contributed by atoms with Crippen LogP contribution in [0.2, 0.25) is 0 Å². The molecule has 1 aromatic carbocycles. The molecule has 1 aromatic heterocycles. The summed E-state index contributed by atoms with van der Waals surface area (Å²) >= 11 is 1.63. The summed E-state index contributed by atoms with van der Waals surface area (Å²) in [6.07, 6.45) is 1.44. The van der Waals surface area contributed by atoms with Crippen LogP contribution in [-0.4, -0.2) is 23.3 Å². The van der Waals surface area contributed by atoms with E-state index in [-0.39, 0.29) is 6.61 Å². The number of aliphatic hydroxyl groups is 1. The van der Waals surface area contributed by atoms with Crippen LogP contribution < -0.4 is 4.74 Å². The monoisotopic (exact) mass is 263 g/mol. The molecule has 96 valence electrons. The minimum atomic E-state index is 0.156. The molecule has 0 unspecified atom stereocenters. The van der Waals surface area contributed by atoms with Crippen molar-refractivity contribution in [3.05, 3.63) is 45.9 Å². The maximum Gasteiger partial charge on any atom is 0.119 e. The van der Waals surface area contributed by atoms with Crippen LogP contribution in [-0.2, 0) is 12.8 Å². The van der Waals surface area contributed by atoms with Crippen LogP contribution in [0.4, 0.5) is 0 Å². The highest BCUT2D eigenvalue weighted by Crippen LogP contribution is 2.14. The van der Waals surface area contributed by atoms with E-state index in [1.807, 2.05) is 23.6 Å². The van der Waals surface area contributed by atoms with Crippen LogP contribution in [0.3, 0.4) is 0 Å². The van der Waals surface area contributed by atoms with Crippen molar-refractivity contribution in [3.8, 4) is 5.75 Å². The summed E-state index contributed by atoms with van der Waals surface area (Å²) in [6, 6.07) is 8.04.